The zero-order valence-electron chi connectivity index (χ0n) is 29.4. The topological polar surface area (TPSA) is 234 Å². The summed E-state index contributed by atoms with van der Waals surface area (Å²) < 4.78 is 0. The summed E-state index contributed by atoms with van der Waals surface area (Å²) in [6, 6.07) is 14.2. The van der Waals surface area contributed by atoms with Crippen molar-refractivity contribution >= 4 is 35.6 Å². The van der Waals surface area contributed by atoms with Crippen molar-refractivity contribution in [3.05, 3.63) is 71.8 Å². The summed E-state index contributed by atoms with van der Waals surface area (Å²) in [5.74, 6) is -4.38. The number of rotatable bonds is 19. The molecule has 3 rings (SSSR count). The molecule has 4 amide bonds. The Morgan fingerprint density at radius 2 is 1.25 bits per heavy atom. The van der Waals surface area contributed by atoms with E-state index in [4.69, 9.17) is 16.6 Å². The minimum Gasteiger partial charge on any atom is -0.481 e. The van der Waals surface area contributed by atoms with E-state index in [2.05, 4.69) is 16.0 Å². The van der Waals surface area contributed by atoms with Crippen molar-refractivity contribution in [1.82, 2.24) is 20.9 Å². The van der Waals surface area contributed by atoms with Crippen molar-refractivity contribution in [3.63, 3.8) is 0 Å². The van der Waals surface area contributed by atoms with Gasteiger partial charge in [-0.05, 0) is 55.6 Å². The molecule has 0 spiro atoms. The van der Waals surface area contributed by atoms with Crippen molar-refractivity contribution < 1.29 is 39.0 Å². The summed E-state index contributed by atoms with van der Waals surface area (Å²) in [4.78, 5) is 78.9. The standard InChI is InChI=1S/C37H52N6O8/c1-24(2)21-29(33(47)40-28(15-9-10-16-31(44)45)35(49)43-19-17-37(39,18-20-43)36(50)51)42-34(48)30(23-26-13-7-4-8-14-26)41-32(46)27(38)22-25-11-5-3-6-12-25/h3-8,11-14,24,27-30H,9-10,15-23,38-39H2,1-2H3,(H,40,47)(H,41,46)(H,42,48)(H,44,45)(H,50,51)/t27-,28-,29-,30-/m1/s1. The molecule has 0 aliphatic carbocycles. The smallest absolute Gasteiger partial charge is 0.323 e. The minimum atomic E-state index is -1.46. The first kappa shape index (κ1) is 40.6. The summed E-state index contributed by atoms with van der Waals surface area (Å²) in [6.07, 6.45) is 1.29. The second-order valence-electron chi connectivity index (χ2n) is 13.7. The number of carboxylic acid groups (broad SMARTS) is 2. The molecule has 1 heterocycles. The van der Waals surface area contributed by atoms with Crippen LogP contribution in [0.5, 0.6) is 0 Å². The van der Waals surface area contributed by atoms with Gasteiger partial charge < -0.3 is 42.5 Å². The molecule has 4 atom stereocenters. The SMILES string of the molecule is CC(C)C[C@@H](NC(=O)[C@@H](Cc1ccccc1)NC(=O)[C@H](N)Cc1ccccc1)C(=O)N[C@H](CCCCC(=O)O)C(=O)N1CCC(N)(C(=O)O)CC1. The molecule has 1 aliphatic heterocycles. The normalized spacial score (nSPS) is 16.3. The Kier molecular flexibility index (Phi) is 15.6. The highest BCUT2D eigenvalue weighted by molar-refractivity contribution is 5.95. The van der Waals surface area contributed by atoms with Crippen LogP contribution in [0.3, 0.4) is 0 Å². The van der Waals surface area contributed by atoms with Gasteiger partial charge in [-0.15, -0.1) is 0 Å². The number of carbonyl (C=O) groups excluding carboxylic acids is 4. The fourth-order valence-corrected chi connectivity index (χ4v) is 5.99. The van der Waals surface area contributed by atoms with Gasteiger partial charge in [0.15, 0.2) is 0 Å². The minimum absolute atomic E-state index is 0.0311. The van der Waals surface area contributed by atoms with E-state index in [1.807, 2.05) is 74.5 Å². The second-order valence-corrected chi connectivity index (χ2v) is 13.7. The molecule has 278 valence electrons. The molecule has 14 nitrogen and oxygen atoms in total. The van der Waals surface area contributed by atoms with Crippen molar-refractivity contribution in [3.8, 4) is 0 Å². The molecule has 0 unspecified atom stereocenters. The number of hydrogen-bond donors (Lipinski definition) is 7. The Morgan fingerprint density at radius 3 is 1.78 bits per heavy atom. The number of hydrogen-bond acceptors (Lipinski definition) is 8. The highest BCUT2D eigenvalue weighted by Crippen LogP contribution is 2.21. The number of aliphatic carboxylic acids is 2. The van der Waals surface area contributed by atoms with Crippen molar-refractivity contribution in [1.29, 1.82) is 0 Å². The molecule has 9 N–H and O–H groups in total. The molecule has 14 heteroatoms. The molecule has 0 radical (unpaired) electrons. The van der Waals surface area contributed by atoms with E-state index in [0.717, 1.165) is 11.1 Å². The van der Waals surface area contributed by atoms with E-state index >= 15 is 0 Å². The Balaban J connectivity index is 1.78. The van der Waals surface area contributed by atoms with Crippen molar-refractivity contribution in [2.24, 2.45) is 17.4 Å². The second kappa shape index (κ2) is 19.5. The zero-order chi connectivity index (χ0) is 37.6. The van der Waals surface area contributed by atoms with Gasteiger partial charge in [-0.1, -0.05) is 80.9 Å². The Hall–Kier alpha value is -4.82. The van der Waals surface area contributed by atoms with Gasteiger partial charge in [0, 0.05) is 25.9 Å². The van der Waals surface area contributed by atoms with Crippen LogP contribution in [0.2, 0.25) is 0 Å². The third-order valence-electron chi connectivity index (χ3n) is 9.03. The molecular formula is C37H52N6O8. The van der Waals surface area contributed by atoms with E-state index in [0.29, 0.717) is 6.42 Å². The molecule has 51 heavy (non-hydrogen) atoms. The largest absolute Gasteiger partial charge is 0.481 e. The van der Waals surface area contributed by atoms with Gasteiger partial charge in [0.1, 0.15) is 23.7 Å². The van der Waals surface area contributed by atoms with Crippen molar-refractivity contribution in [2.45, 2.75) is 101 Å². The van der Waals surface area contributed by atoms with Gasteiger partial charge in [-0.3, -0.25) is 28.8 Å². The number of carboxylic acids is 2. The van der Waals surface area contributed by atoms with E-state index in [9.17, 15) is 33.9 Å². The molecular weight excluding hydrogens is 656 g/mol. The fraction of sp³-hybridized carbons (Fsp3) is 0.514. The van der Waals surface area contributed by atoms with Crippen LogP contribution in [0.25, 0.3) is 0 Å². The predicted octanol–water partition coefficient (Wildman–Crippen LogP) is 1.35. The average molecular weight is 709 g/mol. The maximum Gasteiger partial charge on any atom is 0.323 e. The van der Waals surface area contributed by atoms with Crippen LogP contribution in [0.15, 0.2) is 60.7 Å². The highest BCUT2D eigenvalue weighted by Gasteiger charge is 2.40. The van der Waals surface area contributed by atoms with Gasteiger partial charge in [0.2, 0.25) is 23.6 Å². The van der Waals surface area contributed by atoms with E-state index < -0.39 is 65.3 Å². The fourth-order valence-electron chi connectivity index (χ4n) is 5.99. The zero-order valence-corrected chi connectivity index (χ0v) is 29.4. The number of nitrogens with one attached hydrogen (secondary N) is 3. The molecule has 2 aromatic carbocycles. The molecule has 0 bridgehead atoms. The lowest BCUT2D eigenvalue weighted by molar-refractivity contribution is -0.148. The third-order valence-corrected chi connectivity index (χ3v) is 9.03. The molecule has 2 aromatic rings. The van der Waals surface area contributed by atoms with Gasteiger partial charge in [-0.25, -0.2) is 0 Å². The van der Waals surface area contributed by atoms with Crippen LogP contribution in [0.4, 0.5) is 0 Å². The number of nitrogens with two attached hydrogens (primary N) is 2. The molecule has 0 saturated carbocycles. The lowest BCUT2D eigenvalue weighted by Gasteiger charge is -2.38. The summed E-state index contributed by atoms with van der Waals surface area (Å²) in [5.41, 5.74) is 12.4. The lowest BCUT2D eigenvalue weighted by atomic mass is 9.88. The third kappa shape index (κ3) is 13.1. The Morgan fingerprint density at radius 1 is 0.745 bits per heavy atom. The van der Waals surface area contributed by atoms with Crippen LogP contribution >= 0.6 is 0 Å². The Labute approximate surface area is 298 Å². The Bertz CT molecular complexity index is 1480. The van der Waals surface area contributed by atoms with Gasteiger partial charge >= 0.3 is 11.9 Å². The van der Waals surface area contributed by atoms with Crippen LogP contribution < -0.4 is 27.4 Å². The van der Waals surface area contributed by atoms with Crippen molar-refractivity contribution in [2.75, 3.05) is 13.1 Å². The summed E-state index contributed by atoms with van der Waals surface area (Å²) in [5, 5.41) is 26.9. The quantitative estimate of drug-likeness (QED) is 0.104. The molecule has 0 aromatic heterocycles. The molecule has 1 fully saturated rings. The number of carbonyl (C=O) groups is 6. The highest BCUT2D eigenvalue weighted by atomic mass is 16.4. The van der Waals surface area contributed by atoms with E-state index in [1.54, 1.807) is 0 Å². The van der Waals surface area contributed by atoms with E-state index in [1.165, 1.54) is 4.90 Å². The number of nitrogens with zero attached hydrogens (tertiary/aromatic N) is 1. The number of unbranched alkanes of at least 4 members (excludes halogenated alkanes) is 1. The molecule has 1 aliphatic rings. The van der Waals surface area contributed by atoms with Gasteiger partial charge in [0.25, 0.3) is 0 Å². The maximum atomic E-state index is 13.9. The number of amides is 4. The lowest BCUT2D eigenvalue weighted by Crippen LogP contribution is -2.60. The van der Waals surface area contributed by atoms with Crippen LogP contribution in [-0.4, -0.2) is 93.5 Å². The first-order valence-electron chi connectivity index (χ1n) is 17.5. The number of piperidine rings is 1. The number of likely N-dealkylation sites (tertiary alicyclic amines) is 1. The summed E-state index contributed by atoms with van der Waals surface area (Å²) in [7, 11) is 0. The monoisotopic (exact) mass is 708 g/mol. The van der Waals surface area contributed by atoms with Gasteiger partial charge in [0.05, 0.1) is 6.04 Å². The first-order chi connectivity index (χ1) is 24.2. The summed E-state index contributed by atoms with van der Waals surface area (Å²) in [6.45, 7) is 3.90. The first-order valence-corrected chi connectivity index (χ1v) is 17.5. The average Bonchev–Trinajstić information content (AvgIpc) is 3.09. The maximum absolute atomic E-state index is 13.9. The van der Waals surface area contributed by atoms with Crippen LogP contribution in [-0.2, 0) is 41.6 Å². The van der Waals surface area contributed by atoms with Crippen LogP contribution in [0.1, 0.15) is 69.9 Å². The van der Waals surface area contributed by atoms with E-state index in [-0.39, 0.29) is 70.4 Å². The number of benzene rings is 2. The predicted molar refractivity (Wildman–Crippen MR) is 190 cm³/mol. The van der Waals surface area contributed by atoms with Crippen LogP contribution in [0, 0.1) is 5.92 Å². The summed E-state index contributed by atoms with van der Waals surface area (Å²) >= 11 is 0. The van der Waals surface area contributed by atoms with Gasteiger partial charge in [-0.2, -0.15) is 0 Å². The molecule has 1 saturated heterocycles.